The van der Waals surface area contributed by atoms with Gasteiger partial charge in [-0.15, -0.1) is 0 Å². The summed E-state index contributed by atoms with van der Waals surface area (Å²) in [6, 6.07) is 0.530. The van der Waals surface area contributed by atoms with E-state index >= 15 is 0 Å². The van der Waals surface area contributed by atoms with E-state index < -0.39 is 16.4 Å². The van der Waals surface area contributed by atoms with Gasteiger partial charge in [0.25, 0.3) is 0 Å². The summed E-state index contributed by atoms with van der Waals surface area (Å²) in [5, 5.41) is 2.34. The Labute approximate surface area is 148 Å². The zero-order chi connectivity index (χ0) is 20.1. The van der Waals surface area contributed by atoms with Gasteiger partial charge < -0.3 is 10.1 Å². The van der Waals surface area contributed by atoms with Gasteiger partial charge in [-0.2, -0.15) is 0 Å². The molecule has 10 heteroatoms. The first kappa shape index (κ1) is 25.9. The van der Waals surface area contributed by atoms with E-state index in [9.17, 15) is 26.8 Å². The molecule has 0 spiro atoms. The van der Waals surface area contributed by atoms with E-state index in [1.165, 1.54) is 12.8 Å². The Balaban J connectivity index is 0. The topological polar surface area (TPSA) is 102 Å². The van der Waals surface area contributed by atoms with Crippen molar-refractivity contribution in [2.45, 2.75) is 76.7 Å². The number of methoxy groups -OCH3 is 1. The average Bonchev–Trinajstić information content (AvgIpc) is 3.32. The summed E-state index contributed by atoms with van der Waals surface area (Å²) in [5.41, 5.74) is 0.0417. The van der Waals surface area contributed by atoms with Crippen molar-refractivity contribution in [1.82, 2.24) is 10.0 Å². The van der Waals surface area contributed by atoms with Crippen LogP contribution in [0.25, 0.3) is 0 Å². The van der Waals surface area contributed by atoms with E-state index in [0.29, 0.717) is 18.9 Å². The Morgan fingerprint density at radius 3 is 1.64 bits per heavy atom. The predicted molar refractivity (Wildman–Crippen MR) is 91.8 cm³/mol. The fraction of sp³-hybridized carbons (Fsp3) is 0.867. The van der Waals surface area contributed by atoms with Crippen LogP contribution in [0.4, 0.5) is 8.78 Å². The zero-order valence-electron chi connectivity index (χ0n) is 15.4. The second kappa shape index (κ2) is 13.0. The molecule has 0 bridgehead atoms. The molecule has 0 atom stereocenters. The summed E-state index contributed by atoms with van der Waals surface area (Å²) in [7, 11) is -1.55. The first-order valence-electron chi connectivity index (χ1n) is 7.87. The Kier molecular flexibility index (Phi) is 13.5. The Morgan fingerprint density at radius 1 is 1.08 bits per heavy atom. The van der Waals surface area contributed by atoms with Crippen LogP contribution >= 0.6 is 0 Å². The van der Waals surface area contributed by atoms with Crippen LogP contribution in [0.2, 0.25) is 0 Å². The SMILES string of the molecule is CC(F)F.COC(C)(C)C.O=CNC1CC1.O=CNS(=O)(=O)C1CC1. The van der Waals surface area contributed by atoms with Gasteiger partial charge in [0.15, 0.2) is 0 Å². The second-order valence-corrected chi connectivity index (χ2v) is 8.37. The fourth-order valence-corrected chi connectivity index (χ4v) is 1.97. The molecule has 2 aliphatic rings. The lowest BCUT2D eigenvalue weighted by atomic mass is 10.2. The molecule has 0 aromatic carbocycles. The number of halogens is 2. The number of amides is 2. The maximum Gasteiger partial charge on any atom is 0.237 e. The van der Waals surface area contributed by atoms with Gasteiger partial charge in [-0.3, -0.25) is 14.3 Å². The van der Waals surface area contributed by atoms with E-state index in [-0.39, 0.29) is 17.3 Å². The van der Waals surface area contributed by atoms with Crippen molar-refractivity contribution in [1.29, 1.82) is 0 Å². The highest BCUT2D eigenvalue weighted by molar-refractivity contribution is 7.90. The molecule has 2 aliphatic carbocycles. The van der Waals surface area contributed by atoms with E-state index in [0.717, 1.165) is 13.3 Å². The molecule has 2 amide bonds. The minimum atomic E-state index is -3.26. The van der Waals surface area contributed by atoms with E-state index in [1.54, 1.807) is 11.8 Å². The lowest BCUT2D eigenvalue weighted by Crippen LogP contribution is -2.25. The third-order valence-electron chi connectivity index (χ3n) is 2.67. The lowest BCUT2D eigenvalue weighted by Gasteiger charge is -2.14. The van der Waals surface area contributed by atoms with Crippen molar-refractivity contribution in [2.24, 2.45) is 0 Å². The first-order chi connectivity index (χ1) is 11.4. The Hall–Kier alpha value is -1.29. The zero-order valence-corrected chi connectivity index (χ0v) is 16.2. The third kappa shape index (κ3) is 22.7. The van der Waals surface area contributed by atoms with E-state index in [4.69, 9.17) is 4.74 Å². The number of alkyl halides is 2. The molecular weight excluding hydrogens is 358 g/mol. The number of hydrogen-bond acceptors (Lipinski definition) is 5. The molecule has 2 fully saturated rings. The Bertz CT molecular complexity index is 456. The number of rotatable bonds is 5. The molecule has 0 heterocycles. The standard InChI is InChI=1S/C5H12O.C4H7NO3S.C4H7NO.C2H4F2/c1-5(2,3)6-4;6-3-5-9(7,8)4-1-2-4;6-3-5-4-1-2-4;1-2(3)4/h1-4H3;3-4H,1-2H2,(H,5,6);3-4H,1-2H2,(H,5,6);2H,1H3. The van der Waals surface area contributed by atoms with Crippen molar-refractivity contribution in [3.8, 4) is 0 Å². The number of ether oxygens (including phenoxy) is 1. The summed E-state index contributed by atoms with van der Waals surface area (Å²) in [4.78, 5) is 19.2. The largest absolute Gasteiger partial charge is 0.379 e. The maximum absolute atomic E-state index is 10.7. The molecule has 0 saturated heterocycles. The number of sulfonamides is 1. The molecule has 25 heavy (non-hydrogen) atoms. The highest BCUT2D eigenvalue weighted by Crippen LogP contribution is 2.26. The van der Waals surface area contributed by atoms with Crippen LogP contribution in [0.1, 0.15) is 53.4 Å². The van der Waals surface area contributed by atoms with Crippen LogP contribution in [0.15, 0.2) is 0 Å². The molecule has 2 N–H and O–H groups in total. The first-order valence-corrected chi connectivity index (χ1v) is 9.42. The molecule has 0 unspecified atom stereocenters. The van der Waals surface area contributed by atoms with Gasteiger partial charge in [0.1, 0.15) is 0 Å². The minimum Gasteiger partial charge on any atom is -0.379 e. The Morgan fingerprint density at radius 2 is 1.48 bits per heavy atom. The van der Waals surface area contributed by atoms with Crippen LogP contribution < -0.4 is 10.0 Å². The van der Waals surface area contributed by atoms with Crippen LogP contribution in [0.3, 0.4) is 0 Å². The van der Waals surface area contributed by atoms with Gasteiger partial charge in [-0.1, -0.05) is 0 Å². The number of hydrogen-bond donors (Lipinski definition) is 2. The third-order valence-corrected chi connectivity index (χ3v) is 4.44. The van der Waals surface area contributed by atoms with Crippen molar-refractivity contribution in [2.75, 3.05) is 7.11 Å². The summed E-state index contributed by atoms with van der Waals surface area (Å²) < 4.78 is 48.7. The van der Waals surface area contributed by atoms with Crippen molar-refractivity contribution in [3.63, 3.8) is 0 Å². The number of carbonyl (C=O) groups excluding carboxylic acids is 2. The van der Waals surface area contributed by atoms with Crippen molar-refractivity contribution >= 4 is 22.8 Å². The summed E-state index contributed by atoms with van der Waals surface area (Å²) in [5.74, 6) is 0. The molecular formula is C15H30F2N2O5S. The molecule has 7 nitrogen and oxygen atoms in total. The van der Waals surface area contributed by atoms with Crippen molar-refractivity contribution < 1.29 is 31.5 Å². The highest BCUT2D eigenvalue weighted by atomic mass is 32.2. The van der Waals surface area contributed by atoms with Gasteiger partial charge in [-0.05, 0) is 53.4 Å². The average molecular weight is 388 g/mol. The van der Waals surface area contributed by atoms with Gasteiger partial charge >= 0.3 is 0 Å². The lowest BCUT2D eigenvalue weighted by molar-refractivity contribution is -0.110. The molecule has 2 saturated carbocycles. The summed E-state index contributed by atoms with van der Waals surface area (Å²) in [6.07, 6.45) is 2.52. The van der Waals surface area contributed by atoms with Gasteiger partial charge in [0.2, 0.25) is 29.3 Å². The predicted octanol–water partition coefficient (Wildman–Crippen LogP) is 1.82. The smallest absolute Gasteiger partial charge is 0.237 e. The van der Waals surface area contributed by atoms with Crippen LogP contribution in [-0.4, -0.2) is 51.7 Å². The highest BCUT2D eigenvalue weighted by Gasteiger charge is 2.35. The van der Waals surface area contributed by atoms with Crippen LogP contribution in [0.5, 0.6) is 0 Å². The number of nitrogens with one attached hydrogen (secondary N) is 2. The van der Waals surface area contributed by atoms with Crippen LogP contribution in [0, 0.1) is 0 Å². The molecule has 0 aliphatic heterocycles. The second-order valence-electron chi connectivity index (χ2n) is 6.37. The van der Waals surface area contributed by atoms with E-state index in [1.807, 2.05) is 20.8 Å². The molecule has 150 valence electrons. The fourth-order valence-electron chi connectivity index (χ4n) is 0.888. The van der Waals surface area contributed by atoms with E-state index in [2.05, 4.69) is 5.32 Å². The summed E-state index contributed by atoms with van der Waals surface area (Å²) >= 11 is 0. The normalized spacial score (nSPS) is 16.0. The molecule has 2 rings (SSSR count). The quantitative estimate of drug-likeness (QED) is 0.700. The maximum atomic E-state index is 10.7. The van der Waals surface area contributed by atoms with Crippen LogP contribution in [-0.2, 0) is 24.3 Å². The monoisotopic (exact) mass is 388 g/mol. The minimum absolute atomic E-state index is 0.0417. The summed E-state index contributed by atoms with van der Waals surface area (Å²) in [6.45, 7) is 6.90. The molecule has 0 aromatic rings. The van der Waals surface area contributed by atoms with Gasteiger partial charge in [-0.25, -0.2) is 17.2 Å². The van der Waals surface area contributed by atoms with Crippen molar-refractivity contribution in [3.05, 3.63) is 0 Å². The number of carbonyl (C=O) groups is 2. The van der Waals surface area contributed by atoms with Gasteiger partial charge in [0, 0.05) is 13.2 Å². The molecule has 0 aromatic heterocycles. The molecule has 0 radical (unpaired) electrons. The van der Waals surface area contributed by atoms with Gasteiger partial charge in [0.05, 0.1) is 10.9 Å².